The van der Waals surface area contributed by atoms with Gasteiger partial charge in [-0.25, -0.2) is 0 Å². The molecule has 108 valence electrons. The Morgan fingerprint density at radius 2 is 1.58 bits per heavy atom. The zero-order valence-corrected chi connectivity index (χ0v) is 12.8. The van der Waals surface area contributed by atoms with Crippen molar-refractivity contribution in [3.05, 3.63) is 23.3 Å². The zero-order chi connectivity index (χ0) is 14.1. The topological polar surface area (TPSA) is 35.2 Å². The highest BCUT2D eigenvalue weighted by Crippen LogP contribution is 2.27. The van der Waals surface area contributed by atoms with E-state index in [0.29, 0.717) is 0 Å². The van der Waals surface area contributed by atoms with Crippen LogP contribution >= 0.6 is 0 Å². The number of nitrogen functional groups attached to an aromatic ring is 1. The number of hydrogen-bond acceptors (Lipinski definition) is 2. The van der Waals surface area contributed by atoms with Crippen LogP contribution in [0.5, 0.6) is 5.75 Å². The highest BCUT2D eigenvalue weighted by atomic mass is 16.5. The summed E-state index contributed by atoms with van der Waals surface area (Å²) in [6.07, 6.45) is 9.13. The fourth-order valence-electron chi connectivity index (χ4n) is 2.42. The number of rotatable bonds is 9. The van der Waals surface area contributed by atoms with E-state index in [1.807, 2.05) is 6.07 Å². The SMILES string of the molecule is CCCCCCCCCOc1c(C)cc(C)cc1N. The van der Waals surface area contributed by atoms with Gasteiger partial charge in [0.2, 0.25) is 0 Å². The van der Waals surface area contributed by atoms with E-state index in [1.54, 1.807) is 0 Å². The Bertz CT molecular complexity index is 351. The second-order valence-corrected chi connectivity index (χ2v) is 5.47. The van der Waals surface area contributed by atoms with Crippen molar-refractivity contribution in [2.75, 3.05) is 12.3 Å². The number of hydrogen-bond donors (Lipinski definition) is 1. The van der Waals surface area contributed by atoms with E-state index in [-0.39, 0.29) is 0 Å². The van der Waals surface area contributed by atoms with E-state index in [1.165, 1.54) is 44.1 Å². The number of benzene rings is 1. The van der Waals surface area contributed by atoms with Crippen molar-refractivity contribution in [2.45, 2.75) is 65.7 Å². The summed E-state index contributed by atoms with van der Waals surface area (Å²) in [7, 11) is 0. The van der Waals surface area contributed by atoms with Gasteiger partial charge in [-0.15, -0.1) is 0 Å². The first-order chi connectivity index (χ1) is 9.15. The molecule has 1 rings (SSSR count). The van der Waals surface area contributed by atoms with E-state index in [2.05, 4.69) is 26.8 Å². The minimum absolute atomic E-state index is 0.764. The highest BCUT2D eigenvalue weighted by Gasteiger charge is 2.05. The van der Waals surface area contributed by atoms with Crippen molar-refractivity contribution < 1.29 is 4.74 Å². The van der Waals surface area contributed by atoms with Crippen LogP contribution in [0.2, 0.25) is 0 Å². The predicted octanol–water partition coefficient (Wildman–Crippen LogP) is 5.02. The van der Waals surface area contributed by atoms with Crippen molar-refractivity contribution in [1.82, 2.24) is 0 Å². The molecule has 0 heterocycles. The first-order valence-electron chi connectivity index (χ1n) is 7.64. The summed E-state index contributed by atoms with van der Waals surface area (Å²) in [4.78, 5) is 0. The summed E-state index contributed by atoms with van der Waals surface area (Å²) in [6.45, 7) is 7.15. The fourth-order valence-corrected chi connectivity index (χ4v) is 2.42. The van der Waals surface area contributed by atoms with Crippen LogP contribution in [0.25, 0.3) is 0 Å². The van der Waals surface area contributed by atoms with Crippen molar-refractivity contribution in [1.29, 1.82) is 0 Å². The lowest BCUT2D eigenvalue weighted by molar-refractivity contribution is 0.304. The zero-order valence-electron chi connectivity index (χ0n) is 12.8. The average molecular weight is 263 g/mol. The number of ether oxygens (including phenoxy) is 1. The minimum Gasteiger partial charge on any atom is -0.491 e. The van der Waals surface area contributed by atoms with Gasteiger partial charge >= 0.3 is 0 Å². The lowest BCUT2D eigenvalue weighted by Gasteiger charge is -2.12. The molecule has 2 N–H and O–H groups in total. The smallest absolute Gasteiger partial charge is 0.145 e. The van der Waals surface area contributed by atoms with Gasteiger partial charge in [-0.2, -0.15) is 0 Å². The second kappa shape index (κ2) is 8.84. The Hall–Kier alpha value is -1.18. The molecule has 0 aliphatic rings. The summed E-state index contributed by atoms with van der Waals surface area (Å²) in [5.41, 5.74) is 9.09. The molecule has 0 amide bonds. The Morgan fingerprint density at radius 1 is 0.947 bits per heavy atom. The molecule has 0 aliphatic heterocycles. The quantitative estimate of drug-likeness (QED) is 0.502. The van der Waals surface area contributed by atoms with E-state index < -0.39 is 0 Å². The molecule has 0 aliphatic carbocycles. The first kappa shape index (κ1) is 15.9. The first-order valence-corrected chi connectivity index (χ1v) is 7.64. The van der Waals surface area contributed by atoms with Crippen molar-refractivity contribution in [3.63, 3.8) is 0 Å². The molecule has 0 saturated heterocycles. The van der Waals surface area contributed by atoms with Gasteiger partial charge in [0, 0.05) is 0 Å². The molecule has 2 nitrogen and oxygen atoms in total. The molecule has 1 aromatic carbocycles. The van der Waals surface area contributed by atoms with Gasteiger partial charge in [-0.3, -0.25) is 0 Å². The summed E-state index contributed by atoms with van der Waals surface area (Å²) in [5.74, 6) is 0.872. The second-order valence-electron chi connectivity index (χ2n) is 5.47. The number of unbranched alkanes of at least 4 members (excludes halogenated alkanes) is 6. The summed E-state index contributed by atoms with van der Waals surface area (Å²) in [5, 5.41) is 0. The van der Waals surface area contributed by atoms with Crippen LogP contribution < -0.4 is 10.5 Å². The molecule has 0 atom stereocenters. The van der Waals surface area contributed by atoms with Crippen LogP contribution in [-0.4, -0.2) is 6.61 Å². The molecule has 0 saturated carbocycles. The third-order valence-corrected chi connectivity index (χ3v) is 3.44. The molecule has 0 aromatic heterocycles. The minimum atomic E-state index is 0.764. The maximum absolute atomic E-state index is 5.99. The molecule has 0 spiro atoms. The van der Waals surface area contributed by atoms with Gasteiger partial charge in [0.05, 0.1) is 12.3 Å². The number of aryl methyl sites for hydroxylation is 2. The van der Waals surface area contributed by atoms with E-state index in [4.69, 9.17) is 10.5 Å². The van der Waals surface area contributed by atoms with E-state index in [9.17, 15) is 0 Å². The van der Waals surface area contributed by atoms with Crippen LogP contribution in [0.15, 0.2) is 12.1 Å². The third-order valence-electron chi connectivity index (χ3n) is 3.44. The van der Waals surface area contributed by atoms with Gasteiger partial charge in [-0.05, 0) is 37.5 Å². The van der Waals surface area contributed by atoms with Gasteiger partial charge < -0.3 is 10.5 Å². The van der Waals surface area contributed by atoms with Gasteiger partial charge in [-0.1, -0.05) is 51.5 Å². The Labute approximate surface area is 118 Å². The lowest BCUT2D eigenvalue weighted by atomic mass is 10.1. The van der Waals surface area contributed by atoms with Gasteiger partial charge in [0.15, 0.2) is 0 Å². The molecule has 0 unspecified atom stereocenters. The van der Waals surface area contributed by atoms with Crippen LogP contribution in [0.4, 0.5) is 5.69 Å². The maximum atomic E-state index is 5.99. The lowest BCUT2D eigenvalue weighted by Crippen LogP contribution is -2.02. The standard InChI is InChI=1S/C17H29NO/c1-4-5-6-7-8-9-10-11-19-17-15(3)12-14(2)13-16(17)18/h12-13H,4-11,18H2,1-3H3. The molecule has 19 heavy (non-hydrogen) atoms. The predicted molar refractivity (Wildman–Crippen MR) is 83.8 cm³/mol. The fraction of sp³-hybridized carbons (Fsp3) is 0.647. The van der Waals surface area contributed by atoms with Crippen molar-refractivity contribution >= 4 is 5.69 Å². The molecule has 2 heteroatoms. The Balaban J connectivity index is 2.19. The van der Waals surface area contributed by atoms with Crippen LogP contribution in [-0.2, 0) is 0 Å². The molecule has 0 bridgehead atoms. The van der Waals surface area contributed by atoms with Gasteiger partial charge in [0.25, 0.3) is 0 Å². The van der Waals surface area contributed by atoms with E-state index >= 15 is 0 Å². The molecular formula is C17H29NO. The molecule has 0 radical (unpaired) electrons. The molecular weight excluding hydrogens is 234 g/mol. The monoisotopic (exact) mass is 263 g/mol. The molecule has 0 fully saturated rings. The van der Waals surface area contributed by atoms with Gasteiger partial charge in [0.1, 0.15) is 5.75 Å². The molecule has 1 aromatic rings. The number of anilines is 1. The van der Waals surface area contributed by atoms with Crippen molar-refractivity contribution in [3.8, 4) is 5.75 Å². The summed E-state index contributed by atoms with van der Waals surface area (Å²) >= 11 is 0. The van der Waals surface area contributed by atoms with Crippen LogP contribution in [0.3, 0.4) is 0 Å². The maximum Gasteiger partial charge on any atom is 0.145 e. The normalized spacial score (nSPS) is 10.7. The third kappa shape index (κ3) is 6.00. The van der Waals surface area contributed by atoms with E-state index in [0.717, 1.165) is 30.0 Å². The van der Waals surface area contributed by atoms with Crippen molar-refractivity contribution in [2.24, 2.45) is 0 Å². The average Bonchev–Trinajstić information content (AvgIpc) is 2.35. The largest absolute Gasteiger partial charge is 0.491 e. The Morgan fingerprint density at radius 3 is 2.21 bits per heavy atom. The summed E-state index contributed by atoms with van der Waals surface area (Å²) < 4.78 is 5.83. The number of nitrogens with two attached hydrogens (primary N) is 1. The summed E-state index contributed by atoms with van der Waals surface area (Å²) in [6, 6.07) is 4.10. The van der Waals surface area contributed by atoms with Crippen LogP contribution in [0, 0.1) is 13.8 Å². The Kier molecular flexibility index (Phi) is 7.39. The highest BCUT2D eigenvalue weighted by molar-refractivity contribution is 5.58. The van der Waals surface area contributed by atoms with Crippen LogP contribution in [0.1, 0.15) is 63.0 Å².